The summed E-state index contributed by atoms with van der Waals surface area (Å²) in [6.45, 7) is 0. The summed E-state index contributed by atoms with van der Waals surface area (Å²) in [5, 5.41) is 12.9. The van der Waals surface area contributed by atoms with Gasteiger partial charge in [0.1, 0.15) is 0 Å². The molecule has 0 radical (unpaired) electrons. The number of halogens is 1. The summed E-state index contributed by atoms with van der Waals surface area (Å²) in [5.74, 6) is -1.02. The third-order valence-corrected chi connectivity index (χ3v) is 3.83. The summed E-state index contributed by atoms with van der Waals surface area (Å²) < 4.78 is 2.54. The molecule has 0 aliphatic rings. The maximum absolute atomic E-state index is 10.9. The van der Waals surface area contributed by atoms with Gasteiger partial charge in [0, 0.05) is 22.0 Å². The van der Waals surface area contributed by atoms with E-state index >= 15 is 0 Å². The molecule has 0 saturated carbocycles. The minimum atomic E-state index is -1.02. The van der Waals surface area contributed by atoms with Gasteiger partial charge in [0.15, 0.2) is 5.69 Å². The van der Waals surface area contributed by atoms with Crippen LogP contribution < -0.4 is 0 Å². The summed E-state index contributed by atoms with van der Waals surface area (Å²) in [7, 11) is 1.74. The molecule has 0 saturated heterocycles. The molecule has 0 unspecified atom stereocenters. The number of rotatable bonds is 3. The van der Waals surface area contributed by atoms with E-state index in [-0.39, 0.29) is 5.69 Å². The number of aromatic nitrogens is 2. The van der Waals surface area contributed by atoms with Crippen LogP contribution in [-0.4, -0.2) is 27.1 Å². The van der Waals surface area contributed by atoms with Crippen molar-refractivity contribution in [3.63, 3.8) is 0 Å². The van der Waals surface area contributed by atoms with E-state index in [0.717, 1.165) is 20.6 Å². The van der Waals surface area contributed by atoms with Crippen LogP contribution in [0.2, 0.25) is 0 Å². The number of carboxylic acids is 1. The fourth-order valence-electron chi connectivity index (χ4n) is 1.70. The molecule has 0 atom stereocenters. The van der Waals surface area contributed by atoms with Crippen molar-refractivity contribution in [3.05, 3.63) is 34.4 Å². The maximum atomic E-state index is 10.9. The molecule has 0 aliphatic carbocycles. The molecule has 0 fully saturated rings. The van der Waals surface area contributed by atoms with Crippen LogP contribution in [0.5, 0.6) is 0 Å². The quantitative estimate of drug-likeness (QED) is 0.879. The van der Waals surface area contributed by atoms with Crippen LogP contribution in [-0.2, 0) is 7.05 Å². The van der Waals surface area contributed by atoms with Gasteiger partial charge in [0.2, 0.25) is 0 Å². The number of aryl methyl sites for hydroxylation is 1. The Hall–Kier alpha value is -1.27. The van der Waals surface area contributed by atoms with Gasteiger partial charge in [0.05, 0.1) is 5.69 Å². The van der Waals surface area contributed by atoms with Crippen molar-refractivity contribution in [2.75, 3.05) is 6.26 Å². The molecule has 0 spiro atoms. The van der Waals surface area contributed by atoms with Crippen molar-refractivity contribution in [3.8, 4) is 11.3 Å². The smallest absolute Gasteiger partial charge is 0.356 e. The van der Waals surface area contributed by atoms with Gasteiger partial charge in [0.25, 0.3) is 0 Å². The topological polar surface area (TPSA) is 55.1 Å². The van der Waals surface area contributed by atoms with Crippen molar-refractivity contribution < 1.29 is 9.90 Å². The minimum absolute atomic E-state index is 0.0551. The van der Waals surface area contributed by atoms with Crippen LogP contribution in [0.3, 0.4) is 0 Å². The molecule has 18 heavy (non-hydrogen) atoms. The lowest BCUT2D eigenvalue weighted by atomic mass is 10.1. The van der Waals surface area contributed by atoms with Gasteiger partial charge < -0.3 is 5.11 Å². The van der Waals surface area contributed by atoms with Crippen LogP contribution in [0.25, 0.3) is 11.3 Å². The van der Waals surface area contributed by atoms with Crippen LogP contribution in [0.4, 0.5) is 0 Å². The zero-order valence-electron chi connectivity index (χ0n) is 9.85. The normalized spacial score (nSPS) is 10.6. The van der Waals surface area contributed by atoms with Crippen LogP contribution in [0, 0.1) is 0 Å². The summed E-state index contributed by atoms with van der Waals surface area (Å²) in [6, 6.07) is 7.51. The van der Waals surface area contributed by atoms with Crippen molar-refractivity contribution in [2.24, 2.45) is 7.05 Å². The van der Waals surface area contributed by atoms with E-state index in [0.29, 0.717) is 0 Å². The average molecular weight is 327 g/mol. The second-order valence-corrected chi connectivity index (χ2v) is 5.45. The molecule has 1 aromatic carbocycles. The summed E-state index contributed by atoms with van der Waals surface area (Å²) in [5.41, 5.74) is 1.82. The number of carboxylic acid groups (broad SMARTS) is 1. The Morgan fingerprint density at radius 1 is 1.44 bits per heavy atom. The second-order valence-electron chi connectivity index (χ2n) is 3.69. The third-order valence-electron chi connectivity index (χ3n) is 2.54. The lowest BCUT2D eigenvalue weighted by molar-refractivity contribution is 0.0689. The maximum Gasteiger partial charge on any atom is 0.356 e. The van der Waals surface area contributed by atoms with Crippen molar-refractivity contribution in [2.45, 2.75) is 4.90 Å². The Kier molecular flexibility index (Phi) is 3.77. The minimum Gasteiger partial charge on any atom is -0.476 e. The van der Waals surface area contributed by atoms with E-state index in [1.165, 1.54) is 0 Å². The number of hydrogen-bond donors (Lipinski definition) is 1. The Labute approximate surface area is 117 Å². The van der Waals surface area contributed by atoms with Gasteiger partial charge in [-0.25, -0.2) is 4.79 Å². The van der Waals surface area contributed by atoms with Crippen molar-refractivity contribution >= 4 is 33.7 Å². The van der Waals surface area contributed by atoms with E-state index in [9.17, 15) is 4.79 Å². The van der Waals surface area contributed by atoms with Gasteiger partial charge in [-0.2, -0.15) is 5.10 Å². The van der Waals surface area contributed by atoms with Gasteiger partial charge in [-0.05, 0) is 30.5 Å². The molecular weight excluding hydrogens is 316 g/mol. The van der Waals surface area contributed by atoms with Gasteiger partial charge in [-0.3, -0.25) is 4.68 Å². The number of benzene rings is 1. The second kappa shape index (κ2) is 5.16. The van der Waals surface area contributed by atoms with Crippen molar-refractivity contribution in [1.82, 2.24) is 9.78 Å². The first-order valence-corrected chi connectivity index (χ1v) is 7.16. The van der Waals surface area contributed by atoms with Crippen LogP contribution in [0.15, 0.2) is 33.6 Å². The molecule has 1 aromatic heterocycles. The van der Waals surface area contributed by atoms with E-state index in [2.05, 4.69) is 21.0 Å². The SMILES string of the molecule is CSc1ccc(Br)cc1-c1cc(C(=O)O)nn1C. The van der Waals surface area contributed by atoms with Crippen molar-refractivity contribution in [1.29, 1.82) is 0 Å². The molecule has 0 bridgehead atoms. The number of aromatic carboxylic acids is 1. The third kappa shape index (κ3) is 2.44. The van der Waals surface area contributed by atoms with Crippen LogP contribution >= 0.6 is 27.7 Å². The predicted molar refractivity (Wildman–Crippen MR) is 75.1 cm³/mol. The zero-order chi connectivity index (χ0) is 13.3. The Bertz CT molecular complexity index is 610. The van der Waals surface area contributed by atoms with Gasteiger partial charge >= 0.3 is 5.97 Å². The highest BCUT2D eigenvalue weighted by Gasteiger charge is 2.15. The monoisotopic (exact) mass is 326 g/mol. The molecule has 0 amide bonds. The molecule has 94 valence electrons. The molecule has 1 heterocycles. The number of thioether (sulfide) groups is 1. The first-order chi connectivity index (χ1) is 8.52. The molecule has 6 heteroatoms. The number of hydrogen-bond acceptors (Lipinski definition) is 3. The van der Waals surface area contributed by atoms with E-state index < -0.39 is 5.97 Å². The number of carbonyl (C=O) groups is 1. The van der Waals surface area contributed by atoms with Gasteiger partial charge in [-0.1, -0.05) is 15.9 Å². The van der Waals surface area contributed by atoms with E-state index in [4.69, 9.17) is 5.11 Å². The molecular formula is C12H11BrN2O2S. The summed E-state index contributed by atoms with van der Waals surface area (Å²) in [6.07, 6.45) is 1.99. The lowest BCUT2D eigenvalue weighted by Crippen LogP contribution is -1.99. The Morgan fingerprint density at radius 3 is 2.72 bits per heavy atom. The molecule has 2 aromatic rings. The molecule has 0 aliphatic heterocycles. The Balaban J connectivity index is 2.60. The average Bonchev–Trinajstić information content (AvgIpc) is 2.71. The zero-order valence-corrected chi connectivity index (χ0v) is 12.2. The largest absolute Gasteiger partial charge is 0.476 e. The van der Waals surface area contributed by atoms with E-state index in [1.807, 2.05) is 24.5 Å². The number of nitrogens with zero attached hydrogens (tertiary/aromatic N) is 2. The first-order valence-electron chi connectivity index (χ1n) is 5.14. The molecule has 4 nitrogen and oxygen atoms in total. The summed E-state index contributed by atoms with van der Waals surface area (Å²) >= 11 is 5.04. The molecule has 1 N–H and O–H groups in total. The standard InChI is InChI=1S/C12H11BrN2O2S/c1-15-10(6-9(14-15)12(16)17)8-5-7(13)3-4-11(8)18-2/h3-6H,1-2H3,(H,16,17). The highest BCUT2D eigenvalue weighted by molar-refractivity contribution is 9.10. The van der Waals surface area contributed by atoms with E-state index in [1.54, 1.807) is 29.6 Å². The Morgan fingerprint density at radius 2 is 2.17 bits per heavy atom. The lowest BCUT2D eigenvalue weighted by Gasteiger charge is -2.08. The predicted octanol–water partition coefficient (Wildman–Crippen LogP) is 3.27. The highest BCUT2D eigenvalue weighted by atomic mass is 79.9. The summed E-state index contributed by atoms with van der Waals surface area (Å²) in [4.78, 5) is 12.0. The highest BCUT2D eigenvalue weighted by Crippen LogP contribution is 2.32. The molecule has 2 rings (SSSR count). The first kappa shape index (κ1) is 13.2. The van der Waals surface area contributed by atoms with Crippen LogP contribution in [0.1, 0.15) is 10.5 Å². The fraction of sp³-hybridized carbons (Fsp3) is 0.167. The fourth-order valence-corrected chi connectivity index (χ4v) is 2.65. The van der Waals surface area contributed by atoms with Gasteiger partial charge in [-0.15, -0.1) is 11.8 Å².